The molecule has 2 aromatic rings. The third-order valence-electron chi connectivity index (χ3n) is 3.40. The number of carbonyl (C=O) groups is 1. The first-order chi connectivity index (χ1) is 9.15. The molecule has 8 heteroatoms. The van der Waals surface area contributed by atoms with E-state index in [2.05, 4.69) is 25.6 Å². The number of aromatic nitrogens is 5. The summed E-state index contributed by atoms with van der Waals surface area (Å²) in [6.45, 7) is 0. The highest BCUT2D eigenvalue weighted by Gasteiger charge is 2.25. The fourth-order valence-corrected chi connectivity index (χ4v) is 2.46. The number of nitrogens with one attached hydrogen (secondary N) is 2. The minimum atomic E-state index is -0.300. The maximum Gasteiger partial charge on any atom is 0.289 e. The number of nitrogens with two attached hydrogens (primary N) is 1. The number of aromatic amines is 1. The molecule has 0 aliphatic heterocycles. The standard InChI is InChI=1S/C11H15N7O/c1-18-8-4-2-3-7(6(8)5-13-18)14-10(19)9-15-11(12)17-16-9/h5,7H,2-4H2,1H3,(H,14,19)(H3,12,15,16,17). The van der Waals surface area contributed by atoms with Gasteiger partial charge in [-0.2, -0.15) is 10.1 Å². The van der Waals surface area contributed by atoms with Crippen LogP contribution < -0.4 is 11.1 Å². The highest BCUT2D eigenvalue weighted by atomic mass is 16.2. The van der Waals surface area contributed by atoms with Crippen molar-refractivity contribution >= 4 is 11.9 Å². The van der Waals surface area contributed by atoms with Gasteiger partial charge in [-0.3, -0.25) is 14.6 Å². The highest BCUT2D eigenvalue weighted by molar-refractivity contribution is 5.90. The predicted molar refractivity (Wildman–Crippen MR) is 67.1 cm³/mol. The van der Waals surface area contributed by atoms with Gasteiger partial charge < -0.3 is 11.1 Å². The minimum absolute atomic E-state index is 0.0312. The summed E-state index contributed by atoms with van der Waals surface area (Å²) < 4.78 is 1.86. The molecule has 1 amide bonds. The van der Waals surface area contributed by atoms with E-state index in [0.717, 1.165) is 24.8 Å². The Labute approximate surface area is 109 Å². The van der Waals surface area contributed by atoms with Gasteiger partial charge in [0.1, 0.15) is 0 Å². The maximum atomic E-state index is 12.0. The zero-order valence-corrected chi connectivity index (χ0v) is 10.6. The van der Waals surface area contributed by atoms with Crippen molar-refractivity contribution in [1.29, 1.82) is 0 Å². The zero-order chi connectivity index (χ0) is 13.4. The molecule has 1 atom stereocenters. The Kier molecular flexibility index (Phi) is 2.69. The molecule has 0 saturated carbocycles. The number of aryl methyl sites for hydroxylation is 1. The number of nitrogens with zero attached hydrogens (tertiary/aromatic N) is 4. The highest BCUT2D eigenvalue weighted by Crippen LogP contribution is 2.29. The lowest BCUT2D eigenvalue weighted by Gasteiger charge is -2.23. The molecule has 3 rings (SSSR count). The van der Waals surface area contributed by atoms with Crippen molar-refractivity contribution in [3.63, 3.8) is 0 Å². The van der Waals surface area contributed by atoms with Crippen LogP contribution in [0.1, 0.15) is 40.8 Å². The largest absolute Gasteiger partial charge is 0.366 e. The SMILES string of the molecule is Cn1ncc2c1CCCC2NC(=O)c1nc(N)n[nH]1. The van der Waals surface area contributed by atoms with Crippen LogP contribution in [0.3, 0.4) is 0 Å². The molecule has 2 aromatic heterocycles. The first-order valence-corrected chi connectivity index (χ1v) is 6.14. The number of H-pyrrole nitrogens is 1. The second-order valence-electron chi connectivity index (χ2n) is 4.63. The van der Waals surface area contributed by atoms with Gasteiger partial charge >= 0.3 is 0 Å². The molecule has 4 N–H and O–H groups in total. The average molecular weight is 261 g/mol. The van der Waals surface area contributed by atoms with Gasteiger partial charge in [-0.05, 0) is 19.3 Å². The number of fused-ring (bicyclic) bond motifs is 1. The second kappa shape index (κ2) is 4.38. The fraction of sp³-hybridized carbons (Fsp3) is 0.455. The van der Waals surface area contributed by atoms with Crippen LogP contribution in [0.25, 0.3) is 0 Å². The molecule has 8 nitrogen and oxygen atoms in total. The van der Waals surface area contributed by atoms with Crippen LogP contribution in [-0.4, -0.2) is 30.9 Å². The summed E-state index contributed by atoms with van der Waals surface area (Å²) in [6.07, 6.45) is 4.73. The van der Waals surface area contributed by atoms with Gasteiger partial charge in [-0.1, -0.05) is 0 Å². The maximum absolute atomic E-state index is 12.0. The molecule has 0 spiro atoms. The summed E-state index contributed by atoms with van der Waals surface area (Å²) in [5.41, 5.74) is 7.64. The van der Waals surface area contributed by atoms with E-state index in [9.17, 15) is 4.79 Å². The smallest absolute Gasteiger partial charge is 0.289 e. The van der Waals surface area contributed by atoms with E-state index in [0.29, 0.717) is 0 Å². The molecule has 0 fully saturated rings. The van der Waals surface area contributed by atoms with Crippen molar-refractivity contribution in [3.8, 4) is 0 Å². The van der Waals surface area contributed by atoms with Crippen molar-refractivity contribution in [2.24, 2.45) is 7.05 Å². The van der Waals surface area contributed by atoms with Gasteiger partial charge in [0.2, 0.25) is 11.8 Å². The van der Waals surface area contributed by atoms with Crippen LogP contribution in [0, 0.1) is 0 Å². The van der Waals surface area contributed by atoms with Crippen molar-refractivity contribution < 1.29 is 4.79 Å². The van der Waals surface area contributed by atoms with E-state index >= 15 is 0 Å². The summed E-state index contributed by atoms with van der Waals surface area (Å²) >= 11 is 0. The van der Waals surface area contributed by atoms with Crippen molar-refractivity contribution in [2.45, 2.75) is 25.3 Å². The number of rotatable bonds is 2. The van der Waals surface area contributed by atoms with Gasteiger partial charge in [-0.25, -0.2) is 0 Å². The van der Waals surface area contributed by atoms with E-state index in [1.807, 2.05) is 17.9 Å². The lowest BCUT2D eigenvalue weighted by Crippen LogP contribution is -2.31. The number of carbonyl (C=O) groups excluding carboxylic acids is 1. The molecule has 0 saturated heterocycles. The molecule has 0 radical (unpaired) electrons. The molecule has 0 aromatic carbocycles. The Morgan fingerprint density at radius 1 is 1.63 bits per heavy atom. The Balaban J connectivity index is 1.79. The molecule has 2 heterocycles. The summed E-state index contributed by atoms with van der Waals surface area (Å²) in [5, 5.41) is 13.3. The van der Waals surface area contributed by atoms with Crippen molar-refractivity contribution in [1.82, 2.24) is 30.3 Å². The minimum Gasteiger partial charge on any atom is -0.366 e. The lowest BCUT2D eigenvalue weighted by molar-refractivity contribution is 0.0922. The van der Waals surface area contributed by atoms with Crippen LogP contribution in [0.5, 0.6) is 0 Å². The molecule has 0 bridgehead atoms. The monoisotopic (exact) mass is 261 g/mol. The van der Waals surface area contributed by atoms with E-state index in [-0.39, 0.29) is 23.7 Å². The number of anilines is 1. The lowest BCUT2D eigenvalue weighted by atomic mass is 9.93. The summed E-state index contributed by atoms with van der Waals surface area (Å²) in [7, 11) is 1.92. The van der Waals surface area contributed by atoms with Gasteiger partial charge in [0.05, 0.1) is 12.2 Å². The average Bonchev–Trinajstić information content (AvgIpc) is 2.98. The van der Waals surface area contributed by atoms with E-state index in [4.69, 9.17) is 5.73 Å². The molecule has 1 aliphatic carbocycles. The van der Waals surface area contributed by atoms with Crippen LogP contribution >= 0.6 is 0 Å². The van der Waals surface area contributed by atoms with Crippen LogP contribution in [0.15, 0.2) is 6.20 Å². The quantitative estimate of drug-likeness (QED) is 0.700. The summed E-state index contributed by atoms with van der Waals surface area (Å²) in [4.78, 5) is 15.8. The number of nitrogen functional groups attached to an aromatic ring is 1. The van der Waals surface area contributed by atoms with E-state index in [1.54, 1.807) is 0 Å². The molecule has 1 aliphatic rings. The van der Waals surface area contributed by atoms with Gasteiger partial charge in [0, 0.05) is 18.3 Å². The van der Waals surface area contributed by atoms with Gasteiger partial charge in [-0.15, -0.1) is 5.10 Å². The van der Waals surface area contributed by atoms with Crippen molar-refractivity contribution in [2.75, 3.05) is 5.73 Å². The first kappa shape index (κ1) is 11.7. The zero-order valence-electron chi connectivity index (χ0n) is 10.6. The van der Waals surface area contributed by atoms with Crippen LogP contribution in [-0.2, 0) is 13.5 Å². The van der Waals surface area contributed by atoms with Gasteiger partial charge in [0.15, 0.2) is 0 Å². The van der Waals surface area contributed by atoms with E-state index < -0.39 is 0 Å². The van der Waals surface area contributed by atoms with Crippen LogP contribution in [0.2, 0.25) is 0 Å². The van der Waals surface area contributed by atoms with Gasteiger partial charge in [0.25, 0.3) is 5.91 Å². The second-order valence-corrected chi connectivity index (χ2v) is 4.63. The molecule has 1 unspecified atom stereocenters. The topological polar surface area (TPSA) is 115 Å². The first-order valence-electron chi connectivity index (χ1n) is 6.14. The van der Waals surface area contributed by atoms with Crippen molar-refractivity contribution in [3.05, 3.63) is 23.3 Å². The Morgan fingerprint density at radius 2 is 2.47 bits per heavy atom. The molecular weight excluding hydrogens is 246 g/mol. The molecular formula is C11H15N7O. The number of hydrogen-bond donors (Lipinski definition) is 3. The van der Waals surface area contributed by atoms with E-state index in [1.165, 1.54) is 5.69 Å². The van der Waals surface area contributed by atoms with Crippen LogP contribution in [0.4, 0.5) is 5.95 Å². The normalized spacial score (nSPS) is 18.1. The molecule has 19 heavy (non-hydrogen) atoms. The third-order valence-corrected chi connectivity index (χ3v) is 3.40. The Morgan fingerprint density at radius 3 is 3.21 bits per heavy atom. The Hall–Kier alpha value is -2.38. The fourth-order valence-electron chi connectivity index (χ4n) is 2.46. The summed E-state index contributed by atoms with van der Waals surface area (Å²) in [5.74, 6) is -0.102. The Bertz CT molecular complexity index is 614. The molecule has 100 valence electrons. The summed E-state index contributed by atoms with van der Waals surface area (Å²) in [6, 6.07) is -0.0312. The number of hydrogen-bond acceptors (Lipinski definition) is 5. The predicted octanol–water partition coefficient (Wildman–Crippen LogP) is -0.0722. The third kappa shape index (κ3) is 2.05. The number of amides is 1.